The Morgan fingerprint density at radius 2 is 1.85 bits per heavy atom. The van der Waals surface area contributed by atoms with Crippen LogP contribution in [0.25, 0.3) is 0 Å². The van der Waals surface area contributed by atoms with Crippen LogP contribution >= 0.6 is 15.9 Å². The zero-order chi connectivity index (χ0) is 14.9. The van der Waals surface area contributed by atoms with Crippen LogP contribution in [0.4, 0.5) is 10.1 Å². The molecule has 2 nitrogen and oxygen atoms in total. The third kappa shape index (κ3) is 3.12. The number of hydrogen-bond acceptors (Lipinski definition) is 2. The average molecular weight is 338 g/mol. The average Bonchev–Trinajstić information content (AvgIpc) is 2.35. The van der Waals surface area contributed by atoms with E-state index in [1.807, 2.05) is 25.1 Å². The van der Waals surface area contributed by atoms with Crippen molar-refractivity contribution in [1.82, 2.24) is 0 Å². The summed E-state index contributed by atoms with van der Waals surface area (Å²) in [6.07, 6.45) is 0. The van der Waals surface area contributed by atoms with Crippen LogP contribution in [-0.4, -0.2) is 0 Å². The van der Waals surface area contributed by atoms with Crippen molar-refractivity contribution < 1.29 is 9.13 Å². The first-order chi connectivity index (χ1) is 9.38. The molecule has 0 bridgehead atoms. The van der Waals surface area contributed by atoms with Gasteiger partial charge in [0.05, 0.1) is 10.2 Å². The molecular formula is C16H17BrFNO. The first-order valence-corrected chi connectivity index (χ1v) is 7.20. The summed E-state index contributed by atoms with van der Waals surface area (Å²) in [5.41, 5.74) is 8.43. The number of benzene rings is 2. The fourth-order valence-corrected chi connectivity index (χ4v) is 2.32. The van der Waals surface area contributed by atoms with Gasteiger partial charge >= 0.3 is 0 Å². The predicted octanol–water partition coefficient (Wildman–Crippen LogP) is 5.39. The lowest BCUT2D eigenvalue weighted by molar-refractivity contribution is 0.469. The number of rotatable bonds is 3. The van der Waals surface area contributed by atoms with E-state index in [2.05, 4.69) is 29.8 Å². The van der Waals surface area contributed by atoms with Crippen LogP contribution < -0.4 is 10.5 Å². The molecule has 0 aliphatic carbocycles. The molecule has 2 aromatic carbocycles. The number of nitrogens with two attached hydrogens (primary N) is 1. The molecule has 0 aliphatic rings. The molecule has 0 heterocycles. The summed E-state index contributed by atoms with van der Waals surface area (Å²) >= 11 is 3.10. The molecule has 0 saturated carbocycles. The molecule has 2 aromatic rings. The van der Waals surface area contributed by atoms with Gasteiger partial charge in [-0.3, -0.25) is 0 Å². The van der Waals surface area contributed by atoms with Crippen molar-refractivity contribution in [2.75, 3.05) is 5.73 Å². The maximum Gasteiger partial charge on any atom is 0.153 e. The van der Waals surface area contributed by atoms with Crippen molar-refractivity contribution in [3.8, 4) is 11.5 Å². The van der Waals surface area contributed by atoms with E-state index in [0.717, 1.165) is 11.1 Å². The van der Waals surface area contributed by atoms with E-state index >= 15 is 0 Å². The second-order valence-electron chi connectivity index (χ2n) is 5.10. The van der Waals surface area contributed by atoms with Crippen LogP contribution in [0, 0.1) is 12.7 Å². The summed E-state index contributed by atoms with van der Waals surface area (Å²) in [5.74, 6) is 0.965. The molecule has 0 radical (unpaired) electrons. The predicted molar refractivity (Wildman–Crippen MR) is 83.9 cm³/mol. The van der Waals surface area contributed by atoms with Gasteiger partial charge < -0.3 is 10.5 Å². The standard InChI is InChI=1S/C16H17BrFNO/c1-9(2)11-5-4-10(3)6-15(11)20-16-8-13(18)12(17)7-14(16)19/h4-9H,19H2,1-3H3. The number of hydrogen-bond donors (Lipinski definition) is 1. The van der Waals surface area contributed by atoms with Crippen molar-refractivity contribution >= 4 is 21.6 Å². The Morgan fingerprint density at radius 1 is 1.15 bits per heavy atom. The molecule has 106 valence electrons. The highest BCUT2D eigenvalue weighted by molar-refractivity contribution is 9.10. The van der Waals surface area contributed by atoms with E-state index in [-0.39, 0.29) is 0 Å². The van der Waals surface area contributed by atoms with Gasteiger partial charge in [-0.05, 0) is 52.0 Å². The maximum absolute atomic E-state index is 13.6. The van der Waals surface area contributed by atoms with Gasteiger partial charge in [0, 0.05) is 6.07 Å². The molecule has 0 amide bonds. The van der Waals surface area contributed by atoms with Gasteiger partial charge in [-0.15, -0.1) is 0 Å². The lowest BCUT2D eigenvalue weighted by Gasteiger charge is -2.16. The minimum Gasteiger partial charge on any atom is -0.455 e. The van der Waals surface area contributed by atoms with Crippen LogP contribution in [-0.2, 0) is 0 Å². The van der Waals surface area contributed by atoms with Crippen molar-refractivity contribution in [2.45, 2.75) is 26.7 Å². The van der Waals surface area contributed by atoms with Gasteiger partial charge in [-0.2, -0.15) is 0 Å². The van der Waals surface area contributed by atoms with Gasteiger partial charge in [-0.25, -0.2) is 4.39 Å². The monoisotopic (exact) mass is 337 g/mol. The molecular weight excluding hydrogens is 321 g/mol. The fourth-order valence-electron chi connectivity index (χ4n) is 1.96. The fraction of sp³-hybridized carbons (Fsp3) is 0.250. The minimum absolute atomic E-state index is 0.312. The molecule has 0 aromatic heterocycles. The van der Waals surface area contributed by atoms with E-state index in [9.17, 15) is 4.39 Å². The molecule has 0 fully saturated rings. The van der Waals surface area contributed by atoms with Crippen LogP contribution in [0.5, 0.6) is 11.5 Å². The summed E-state index contributed by atoms with van der Waals surface area (Å²) < 4.78 is 19.8. The van der Waals surface area contributed by atoms with Crippen molar-refractivity contribution in [2.24, 2.45) is 0 Å². The molecule has 4 heteroatoms. The minimum atomic E-state index is -0.395. The highest BCUT2D eigenvalue weighted by Crippen LogP contribution is 2.36. The van der Waals surface area contributed by atoms with Crippen LogP contribution in [0.3, 0.4) is 0 Å². The Bertz CT molecular complexity index is 641. The summed E-state index contributed by atoms with van der Waals surface area (Å²) in [7, 11) is 0. The highest BCUT2D eigenvalue weighted by Gasteiger charge is 2.12. The van der Waals surface area contributed by atoms with Gasteiger partial charge in [0.2, 0.25) is 0 Å². The number of ether oxygens (including phenoxy) is 1. The van der Waals surface area contributed by atoms with E-state index in [1.165, 1.54) is 12.1 Å². The Balaban J connectivity index is 2.44. The second kappa shape index (κ2) is 5.83. The van der Waals surface area contributed by atoms with Crippen LogP contribution in [0.15, 0.2) is 34.8 Å². The van der Waals surface area contributed by atoms with Crippen molar-refractivity contribution in [3.05, 3.63) is 51.7 Å². The Labute approximate surface area is 126 Å². The summed E-state index contributed by atoms with van der Waals surface area (Å²) in [6.45, 7) is 6.16. The van der Waals surface area contributed by atoms with Crippen molar-refractivity contribution in [3.63, 3.8) is 0 Å². The first kappa shape index (κ1) is 14.9. The maximum atomic E-state index is 13.6. The van der Waals surface area contributed by atoms with Gasteiger partial charge in [0.15, 0.2) is 5.75 Å². The summed E-state index contributed by atoms with van der Waals surface area (Å²) in [5, 5.41) is 0. The molecule has 2 N–H and O–H groups in total. The Morgan fingerprint density at radius 3 is 2.50 bits per heavy atom. The number of halogens is 2. The van der Waals surface area contributed by atoms with E-state index in [0.29, 0.717) is 27.6 Å². The van der Waals surface area contributed by atoms with E-state index in [4.69, 9.17) is 10.5 Å². The smallest absolute Gasteiger partial charge is 0.153 e. The van der Waals surface area contributed by atoms with Gasteiger partial charge in [0.1, 0.15) is 11.6 Å². The summed E-state index contributed by atoms with van der Waals surface area (Å²) in [4.78, 5) is 0. The highest BCUT2D eigenvalue weighted by atomic mass is 79.9. The number of aryl methyl sites for hydroxylation is 1. The Kier molecular flexibility index (Phi) is 4.33. The topological polar surface area (TPSA) is 35.2 Å². The molecule has 2 rings (SSSR count). The zero-order valence-electron chi connectivity index (χ0n) is 11.7. The van der Waals surface area contributed by atoms with E-state index in [1.54, 1.807) is 0 Å². The normalized spacial score (nSPS) is 10.9. The molecule has 0 saturated heterocycles. The third-order valence-electron chi connectivity index (χ3n) is 3.06. The molecule has 0 atom stereocenters. The lowest BCUT2D eigenvalue weighted by atomic mass is 10.0. The SMILES string of the molecule is Cc1ccc(C(C)C)c(Oc2cc(F)c(Br)cc2N)c1. The number of anilines is 1. The molecule has 0 aliphatic heterocycles. The largest absolute Gasteiger partial charge is 0.455 e. The lowest BCUT2D eigenvalue weighted by Crippen LogP contribution is -1.98. The second-order valence-corrected chi connectivity index (χ2v) is 5.96. The zero-order valence-corrected chi connectivity index (χ0v) is 13.3. The van der Waals surface area contributed by atoms with E-state index < -0.39 is 5.82 Å². The quantitative estimate of drug-likeness (QED) is 0.761. The number of nitrogen functional groups attached to an aromatic ring is 1. The van der Waals surface area contributed by atoms with Crippen molar-refractivity contribution in [1.29, 1.82) is 0 Å². The van der Waals surface area contributed by atoms with Crippen LogP contribution in [0.1, 0.15) is 30.9 Å². The Hall–Kier alpha value is -1.55. The molecule has 0 spiro atoms. The van der Waals surface area contributed by atoms with Gasteiger partial charge in [0.25, 0.3) is 0 Å². The van der Waals surface area contributed by atoms with Crippen LogP contribution in [0.2, 0.25) is 0 Å². The molecule has 20 heavy (non-hydrogen) atoms. The first-order valence-electron chi connectivity index (χ1n) is 6.41. The summed E-state index contributed by atoms with van der Waals surface area (Å²) in [6, 6.07) is 8.81. The van der Waals surface area contributed by atoms with Gasteiger partial charge in [-0.1, -0.05) is 26.0 Å². The third-order valence-corrected chi connectivity index (χ3v) is 3.67. The molecule has 0 unspecified atom stereocenters.